The van der Waals surface area contributed by atoms with Crippen molar-refractivity contribution in [3.8, 4) is 0 Å². The van der Waals surface area contributed by atoms with Gasteiger partial charge in [0.25, 0.3) is 0 Å². The van der Waals surface area contributed by atoms with E-state index < -0.39 is 0 Å². The number of para-hydroxylation sites is 1. The third kappa shape index (κ3) is 3.45. The molecule has 0 bridgehead atoms. The molecule has 0 saturated carbocycles. The molecule has 0 radical (unpaired) electrons. The van der Waals surface area contributed by atoms with E-state index in [1.807, 2.05) is 18.7 Å². The van der Waals surface area contributed by atoms with Gasteiger partial charge < -0.3 is 14.3 Å². The van der Waals surface area contributed by atoms with Crippen LogP contribution >= 0.6 is 0 Å². The van der Waals surface area contributed by atoms with Crippen molar-refractivity contribution in [2.45, 2.75) is 33.6 Å². The van der Waals surface area contributed by atoms with E-state index in [4.69, 9.17) is 4.52 Å². The molecule has 0 aliphatic carbocycles. The maximum atomic E-state index is 12.7. The van der Waals surface area contributed by atoms with Gasteiger partial charge in [-0.1, -0.05) is 23.4 Å². The van der Waals surface area contributed by atoms with Gasteiger partial charge in [0.15, 0.2) is 0 Å². The van der Waals surface area contributed by atoms with Gasteiger partial charge >= 0.3 is 0 Å². The average Bonchev–Trinajstić information content (AvgIpc) is 2.79. The molecule has 0 unspecified atom stereocenters. The Morgan fingerprint density at radius 3 is 2.62 bits per heavy atom. The molecule has 1 aliphatic heterocycles. The zero-order valence-electron chi connectivity index (χ0n) is 14.7. The highest BCUT2D eigenvalue weighted by Crippen LogP contribution is 2.21. The molecule has 1 fully saturated rings. The molecule has 0 N–H and O–H groups in total. The van der Waals surface area contributed by atoms with Crippen LogP contribution in [0.1, 0.15) is 29.0 Å². The van der Waals surface area contributed by atoms with Crippen molar-refractivity contribution < 1.29 is 9.32 Å². The van der Waals surface area contributed by atoms with E-state index in [9.17, 15) is 4.79 Å². The number of carbonyl (C=O) groups excluding carboxylic acids is 1. The Kier molecular flexibility index (Phi) is 4.88. The molecular weight excluding hydrogens is 302 g/mol. The number of carbonyl (C=O) groups is 1. The summed E-state index contributed by atoms with van der Waals surface area (Å²) >= 11 is 0. The highest BCUT2D eigenvalue weighted by atomic mass is 16.5. The van der Waals surface area contributed by atoms with Crippen LogP contribution < -0.4 is 4.90 Å². The standard InChI is InChI=1S/C19H25N3O2/c1-14-7-4-5-8-18(14)21-9-6-10-22(12-11-21)19(23)13-17-15(2)20-24-16(17)3/h4-5,7-8H,6,9-13H2,1-3H3. The summed E-state index contributed by atoms with van der Waals surface area (Å²) in [4.78, 5) is 17.0. The van der Waals surface area contributed by atoms with E-state index in [0.717, 1.165) is 49.6 Å². The fraction of sp³-hybridized carbons (Fsp3) is 0.474. The third-order valence-corrected chi connectivity index (χ3v) is 4.81. The van der Waals surface area contributed by atoms with Crippen molar-refractivity contribution in [2.24, 2.45) is 0 Å². The Morgan fingerprint density at radius 2 is 1.92 bits per heavy atom. The van der Waals surface area contributed by atoms with Gasteiger partial charge in [-0.25, -0.2) is 0 Å². The topological polar surface area (TPSA) is 49.6 Å². The minimum atomic E-state index is 0.163. The Balaban J connectivity index is 1.65. The Morgan fingerprint density at radius 1 is 1.12 bits per heavy atom. The van der Waals surface area contributed by atoms with Gasteiger partial charge in [-0.3, -0.25) is 4.79 Å². The van der Waals surface area contributed by atoms with Gasteiger partial charge in [0.2, 0.25) is 5.91 Å². The third-order valence-electron chi connectivity index (χ3n) is 4.81. The number of amides is 1. The minimum absolute atomic E-state index is 0.163. The van der Waals surface area contributed by atoms with Crippen LogP contribution in [0.5, 0.6) is 0 Å². The van der Waals surface area contributed by atoms with E-state index in [1.54, 1.807) is 0 Å². The normalized spacial score (nSPS) is 15.5. The van der Waals surface area contributed by atoms with E-state index in [1.165, 1.54) is 11.3 Å². The smallest absolute Gasteiger partial charge is 0.227 e. The van der Waals surface area contributed by atoms with Gasteiger partial charge in [-0.05, 0) is 38.8 Å². The molecule has 128 valence electrons. The van der Waals surface area contributed by atoms with Crippen molar-refractivity contribution >= 4 is 11.6 Å². The SMILES string of the molecule is Cc1ccccc1N1CCCN(C(=O)Cc2c(C)noc2C)CC1. The maximum Gasteiger partial charge on any atom is 0.227 e. The summed E-state index contributed by atoms with van der Waals surface area (Å²) in [5.41, 5.74) is 4.31. The molecule has 2 aromatic rings. The molecule has 24 heavy (non-hydrogen) atoms. The summed E-state index contributed by atoms with van der Waals surface area (Å²) in [7, 11) is 0. The molecule has 1 aromatic heterocycles. The first-order valence-corrected chi connectivity index (χ1v) is 8.56. The molecule has 2 heterocycles. The molecule has 0 spiro atoms. The molecule has 3 rings (SSSR count). The van der Waals surface area contributed by atoms with Crippen LogP contribution in [0.25, 0.3) is 0 Å². The highest BCUT2D eigenvalue weighted by Gasteiger charge is 2.22. The largest absolute Gasteiger partial charge is 0.369 e. The van der Waals surface area contributed by atoms with Crippen molar-refractivity contribution in [1.82, 2.24) is 10.1 Å². The lowest BCUT2D eigenvalue weighted by Crippen LogP contribution is -2.36. The quantitative estimate of drug-likeness (QED) is 0.870. The Bertz CT molecular complexity index is 704. The van der Waals surface area contributed by atoms with Crippen LogP contribution in [0.2, 0.25) is 0 Å². The predicted octanol–water partition coefficient (Wildman–Crippen LogP) is 2.88. The van der Waals surface area contributed by atoms with Crippen LogP contribution in [0.3, 0.4) is 0 Å². The van der Waals surface area contributed by atoms with Crippen molar-refractivity contribution in [3.63, 3.8) is 0 Å². The summed E-state index contributed by atoms with van der Waals surface area (Å²) in [6.07, 6.45) is 1.37. The van der Waals surface area contributed by atoms with Crippen molar-refractivity contribution in [1.29, 1.82) is 0 Å². The summed E-state index contributed by atoms with van der Waals surface area (Å²) in [6, 6.07) is 8.45. The van der Waals surface area contributed by atoms with Gasteiger partial charge in [0.1, 0.15) is 5.76 Å². The second kappa shape index (κ2) is 7.07. The summed E-state index contributed by atoms with van der Waals surface area (Å²) in [6.45, 7) is 9.33. The van der Waals surface area contributed by atoms with E-state index in [-0.39, 0.29) is 5.91 Å². The molecule has 1 saturated heterocycles. The lowest BCUT2D eigenvalue weighted by atomic mass is 10.1. The monoisotopic (exact) mass is 327 g/mol. The minimum Gasteiger partial charge on any atom is -0.369 e. The van der Waals surface area contributed by atoms with Crippen LogP contribution in [0.4, 0.5) is 5.69 Å². The van der Waals surface area contributed by atoms with Gasteiger partial charge in [-0.15, -0.1) is 0 Å². The predicted molar refractivity (Wildman–Crippen MR) is 94.3 cm³/mol. The molecule has 1 aromatic carbocycles. The van der Waals surface area contributed by atoms with Crippen LogP contribution in [0, 0.1) is 20.8 Å². The van der Waals surface area contributed by atoms with Crippen molar-refractivity contribution in [2.75, 3.05) is 31.1 Å². The average molecular weight is 327 g/mol. The maximum absolute atomic E-state index is 12.7. The number of nitrogens with zero attached hydrogens (tertiary/aromatic N) is 3. The number of hydrogen-bond donors (Lipinski definition) is 0. The van der Waals surface area contributed by atoms with Gasteiger partial charge in [0, 0.05) is 37.4 Å². The molecule has 0 atom stereocenters. The first-order chi connectivity index (χ1) is 11.6. The molecule has 1 amide bonds. The molecule has 1 aliphatic rings. The molecule has 5 heteroatoms. The van der Waals surface area contributed by atoms with Gasteiger partial charge in [-0.2, -0.15) is 0 Å². The second-order valence-corrected chi connectivity index (χ2v) is 6.49. The molecule has 5 nitrogen and oxygen atoms in total. The van der Waals surface area contributed by atoms with Gasteiger partial charge in [0.05, 0.1) is 12.1 Å². The number of rotatable bonds is 3. The van der Waals surface area contributed by atoms with Crippen molar-refractivity contribution in [3.05, 3.63) is 46.8 Å². The fourth-order valence-corrected chi connectivity index (χ4v) is 3.34. The summed E-state index contributed by atoms with van der Waals surface area (Å²) in [5.74, 6) is 0.910. The number of aryl methyl sites for hydroxylation is 3. The number of benzene rings is 1. The van der Waals surface area contributed by atoms with E-state index in [0.29, 0.717) is 6.42 Å². The van der Waals surface area contributed by atoms with Crippen LogP contribution in [-0.2, 0) is 11.2 Å². The highest BCUT2D eigenvalue weighted by molar-refractivity contribution is 5.79. The van der Waals surface area contributed by atoms with Crippen LogP contribution in [-0.4, -0.2) is 42.1 Å². The zero-order chi connectivity index (χ0) is 17.1. The van der Waals surface area contributed by atoms with E-state index in [2.05, 4.69) is 41.2 Å². The number of hydrogen-bond acceptors (Lipinski definition) is 4. The number of anilines is 1. The zero-order valence-corrected chi connectivity index (χ0v) is 14.7. The lowest BCUT2D eigenvalue weighted by molar-refractivity contribution is -0.130. The second-order valence-electron chi connectivity index (χ2n) is 6.49. The summed E-state index contributed by atoms with van der Waals surface area (Å²) < 4.78 is 5.17. The first-order valence-electron chi connectivity index (χ1n) is 8.56. The summed E-state index contributed by atoms with van der Waals surface area (Å²) in [5, 5.41) is 3.94. The Labute approximate surface area is 143 Å². The van der Waals surface area contributed by atoms with E-state index >= 15 is 0 Å². The first kappa shape index (κ1) is 16.6. The Hall–Kier alpha value is -2.30. The molecular formula is C19H25N3O2. The fourth-order valence-electron chi connectivity index (χ4n) is 3.34. The van der Waals surface area contributed by atoms with Crippen LogP contribution in [0.15, 0.2) is 28.8 Å². The number of aromatic nitrogens is 1. The lowest BCUT2D eigenvalue weighted by Gasteiger charge is -2.25.